The number of hydrogen-bond donors (Lipinski definition) is 1. The highest BCUT2D eigenvalue weighted by molar-refractivity contribution is 7.09. The number of aromatic nitrogens is 1. The van der Waals surface area contributed by atoms with E-state index in [2.05, 4.69) is 16.4 Å². The number of benzene rings is 1. The Bertz CT molecular complexity index is 522. The van der Waals surface area contributed by atoms with Crippen molar-refractivity contribution in [2.24, 2.45) is 0 Å². The maximum atomic E-state index is 8.69. The van der Waals surface area contributed by atoms with E-state index in [4.69, 9.17) is 5.26 Å². The highest BCUT2D eigenvalue weighted by Gasteiger charge is 2.00. The van der Waals surface area contributed by atoms with E-state index < -0.39 is 0 Å². The quantitative estimate of drug-likeness (QED) is 0.898. The standard InChI is InChI=1S/C13H13N3S/c1-10-13(17-9-16-10)8-15-7-12-4-2-11(6-14)3-5-12/h2-5,9,15H,7-8H2,1H3. The summed E-state index contributed by atoms with van der Waals surface area (Å²) in [5.74, 6) is 0. The third-order valence-electron chi connectivity index (χ3n) is 2.54. The van der Waals surface area contributed by atoms with Gasteiger partial charge in [-0.25, -0.2) is 4.98 Å². The highest BCUT2D eigenvalue weighted by atomic mass is 32.1. The SMILES string of the molecule is Cc1ncsc1CNCc1ccc(C#N)cc1. The molecular weight excluding hydrogens is 230 g/mol. The molecule has 0 aliphatic carbocycles. The maximum absolute atomic E-state index is 8.69. The summed E-state index contributed by atoms with van der Waals surface area (Å²) in [5, 5.41) is 12.1. The monoisotopic (exact) mass is 243 g/mol. The molecule has 4 heteroatoms. The van der Waals surface area contributed by atoms with Crippen LogP contribution < -0.4 is 5.32 Å². The molecule has 0 radical (unpaired) electrons. The first kappa shape index (κ1) is 11.8. The number of aryl methyl sites for hydroxylation is 1. The zero-order chi connectivity index (χ0) is 12.1. The van der Waals surface area contributed by atoms with Gasteiger partial charge in [0.05, 0.1) is 22.8 Å². The molecule has 0 atom stereocenters. The van der Waals surface area contributed by atoms with Crippen LogP contribution in [0.25, 0.3) is 0 Å². The summed E-state index contributed by atoms with van der Waals surface area (Å²) in [7, 11) is 0. The van der Waals surface area contributed by atoms with Gasteiger partial charge in [-0.15, -0.1) is 11.3 Å². The third kappa shape index (κ3) is 3.13. The fourth-order valence-corrected chi connectivity index (χ4v) is 2.26. The molecule has 0 amide bonds. The minimum atomic E-state index is 0.701. The topological polar surface area (TPSA) is 48.7 Å². The van der Waals surface area contributed by atoms with Crippen molar-refractivity contribution in [3.8, 4) is 6.07 Å². The van der Waals surface area contributed by atoms with Crippen molar-refractivity contribution in [2.45, 2.75) is 20.0 Å². The molecule has 1 N–H and O–H groups in total. The molecule has 0 saturated heterocycles. The predicted molar refractivity (Wildman–Crippen MR) is 68.6 cm³/mol. The van der Waals surface area contributed by atoms with E-state index in [1.165, 1.54) is 10.4 Å². The molecular formula is C13H13N3S. The molecule has 0 fully saturated rings. The van der Waals surface area contributed by atoms with Gasteiger partial charge >= 0.3 is 0 Å². The van der Waals surface area contributed by atoms with Gasteiger partial charge in [0.2, 0.25) is 0 Å². The van der Waals surface area contributed by atoms with Gasteiger partial charge in [0, 0.05) is 18.0 Å². The number of hydrogen-bond acceptors (Lipinski definition) is 4. The first-order valence-electron chi connectivity index (χ1n) is 5.38. The van der Waals surface area contributed by atoms with E-state index >= 15 is 0 Å². The first-order chi connectivity index (χ1) is 8.29. The smallest absolute Gasteiger partial charge is 0.0991 e. The Hall–Kier alpha value is -1.70. The lowest BCUT2D eigenvalue weighted by molar-refractivity contribution is 0.697. The van der Waals surface area contributed by atoms with Crippen molar-refractivity contribution in [1.82, 2.24) is 10.3 Å². The Labute approximate surface area is 105 Å². The minimum absolute atomic E-state index is 0.701. The van der Waals surface area contributed by atoms with Crippen LogP contribution in [0.3, 0.4) is 0 Å². The van der Waals surface area contributed by atoms with Gasteiger partial charge in [-0.05, 0) is 24.6 Å². The Morgan fingerprint density at radius 1 is 1.29 bits per heavy atom. The van der Waals surface area contributed by atoms with Crippen molar-refractivity contribution in [2.75, 3.05) is 0 Å². The van der Waals surface area contributed by atoms with Crippen LogP contribution in [0.2, 0.25) is 0 Å². The lowest BCUT2D eigenvalue weighted by Crippen LogP contribution is -2.12. The molecule has 0 aliphatic rings. The largest absolute Gasteiger partial charge is 0.308 e. The Balaban J connectivity index is 1.86. The lowest BCUT2D eigenvalue weighted by atomic mass is 10.1. The lowest BCUT2D eigenvalue weighted by Gasteiger charge is -2.04. The van der Waals surface area contributed by atoms with Gasteiger partial charge in [-0.2, -0.15) is 5.26 Å². The molecule has 1 heterocycles. The summed E-state index contributed by atoms with van der Waals surface area (Å²) in [5.41, 5.74) is 4.86. The summed E-state index contributed by atoms with van der Waals surface area (Å²) in [4.78, 5) is 5.48. The van der Waals surface area contributed by atoms with E-state index in [1.54, 1.807) is 11.3 Å². The predicted octanol–water partition coefficient (Wildman–Crippen LogP) is 2.61. The maximum Gasteiger partial charge on any atom is 0.0991 e. The van der Waals surface area contributed by atoms with Crippen LogP contribution in [0.1, 0.15) is 21.7 Å². The highest BCUT2D eigenvalue weighted by Crippen LogP contribution is 2.11. The van der Waals surface area contributed by atoms with E-state index in [9.17, 15) is 0 Å². The molecule has 0 spiro atoms. The molecule has 0 bridgehead atoms. The normalized spacial score (nSPS) is 10.1. The van der Waals surface area contributed by atoms with Crippen molar-refractivity contribution in [3.63, 3.8) is 0 Å². The van der Waals surface area contributed by atoms with Crippen molar-refractivity contribution >= 4 is 11.3 Å². The van der Waals surface area contributed by atoms with E-state index in [1.807, 2.05) is 36.7 Å². The van der Waals surface area contributed by atoms with Gasteiger partial charge in [0.15, 0.2) is 0 Å². The first-order valence-corrected chi connectivity index (χ1v) is 6.26. The van der Waals surface area contributed by atoms with Crippen LogP contribution in [0, 0.1) is 18.3 Å². The van der Waals surface area contributed by atoms with E-state index in [-0.39, 0.29) is 0 Å². The van der Waals surface area contributed by atoms with Gasteiger partial charge in [-0.1, -0.05) is 12.1 Å². The second-order valence-electron chi connectivity index (χ2n) is 3.77. The molecule has 0 unspecified atom stereocenters. The number of rotatable bonds is 4. The fourth-order valence-electron chi connectivity index (χ4n) is 1.51. The average molecular weight is 243 g/mol. The molecule has 0 aliphatic heterocycles. The Kier molecular flexibility index (Phi) is 3.86. The van der Waals surface area contributed by atoms with Crippen LogP contribution in [-0.4, -0.2) is 4.98 Å². The van der Waals surface area contributed by atoms with Crippen LogP contribution >= 0.6 is 11.3 Å². The molecule has 0 saturated carbocycles. The third-order valence-corrected chi connectivity index (χ3v) is 3.48. The fraction of sp³-hybridized carbons (Fsp3) is 0.231. The average Bonchev–Trinajstić information content (AvgIpc) is 2.76. The molecule has 1 aromatic heterocycles. The summed E-state index contributed by atoms with van der Waals surface area (Å²) in [6.07, 6.45) is 0. The van der Waals surface area contributed by atoms with Crippen molar-refractivity contribution in [1.29, 1.82) is 5.26 Å². The van der Waals surface area contributed by atoms with Crippen LogP contribution in [-0.2, 0) is 13.1 Å². The summed E-state index contributed by atoms with van der Waals surface area (Å²) in [6, 6.07) is 9.75. The molecule has 3 nitrogen and oxygen atoms in total. The Morgan fingerprint density at radius 3 is 2.65 bits per heavy atom. The van der Waals surface area contributed by atoms with Gasteiger partial charge in [-0.3, -0.25) is 0 Å². The summed E-state index contributed by atoms with van der Waals surface area (Å²) >= 11 is 1.67. The van der Waals surface area contributed by atoms with E-state index in [0.717, 1.165) is 18.8 Å². The zero-order valence-electron chi connectivity index (χ0n) is 9.60. The van der Waals surface area contributed by atoms with Crippen molar-refractivity contribution < 1.29 is 0 Å². The second kappa shape index (κ2) is 5.58. The molecule has 2 aromatic rings. The van der Waals surface area contributed by atoms with Crippen LogP contribution in [0.5, 0.6) is 0 Å². The number of nitrogens with one attached hydrogen (secondary N) is 1. The van der Waals surface area contributed by atoms with Crippen molar-refractivity contribution in [3.05, 3.63) is 51.5 Å². The summed E-state index contributed by atoms with van der Waals surface area (Å²) < 4.78 is 0. The minimum Gasteiger partial charge on any atom is -0.308 e. The van der Waals surface area contributed by atoms with Crippen LogP contribution in [0.15, 0.2) is 29.8 Å². The Morgan fingerprint density at radius 2 is 2.06 bits per heavy atom. The van der Waals surface area contributed by atoms with Gasteiger partial charge < -0.3 is 5.32 Å². The van der Waals surface area contributed by atoms with Gasteiger partial charge in [0.25, 0.3) is 0 Å². The molecule has 1 aromatic carbocycles. The zero-order valence-corrected chi connectivity index (χ0v) is 10.4. The molecule has 86 valence electrons. The number of thiazole rings is 1. The van der Waals surface area contributed by atoms with Gasteiger partial charge in [0.1, 0.15) is 0 Å². The molecule has 2 rings (SSSR count). The number of nitrogens with zero attached hydrogens (tertiary/aromatic N) is 2. The van der Waals surface area contributed by atoms with E-state index in [0.29, 0.717) is 5.56 Å². The second-order valence-corrected chi connectivity index (χ2v) is 4.71. The molecule has 17 heavy (non-hydrogen) atoms. The summed E-state index contributed by atoms with van der Waals surface area (Å²) in [6.45, 7) is 3.68. The van der Waals surface area contributed by atoms with Crippen LogP contribution in [0.4, 0.5) is 0 Å². The number of nitriles is 1.